The molecule has 0 aliphatic carbocycles. The van der Waals surface area contributed by atoms with Crippen molar-refractivity contribution < 1.29 is 9.53 Å². The molecule has 0 amide bonds. The first kappa shape index (κ1) is 10.4. The van der Waals surface area contributed by atoms with Gasteiger partial charge in [0.2, 0.25) is 0 Å². The molecule has 5 heteroatoms. The molecule has 0 saturated carbocycles. The minimum Gasteiger partial charge on any atom is -0.462 e. The number of carbonyl (C=O) groups excluding carboxylic acids is 1. The van der Waals surface area contributed by atoms with E-state index in [2.05, 4.69) is 0 Å². The first-order valence-electron chi connectivity index (χ1n) is 3.79. The predicted molar refractivity (Wildman–Crippen MR) is 56.5 cm³/mol. The Morgan fingerprint density at radius 1 is 1.77 bits per heavy atom. The van der Waals surface area contributed by atoms with E-state index in [0.29, 0.717) is 17.2 Å². The van der Waals surface area contributed by atoms with Gasteiger partial charge in [-0.15, -0.1) is 23.1 Å². The molecule has 0 fully saturated rings. The number of nitrogen functional groups attached to an aromatic ring is 1. The fourth-order valence-corrected chi connectivity index (χ4v) is 2.37. The van der Waals surface area contributed by atoms with Crippen LogP contribution in [0.2, 0.25) is 0 Å². The van der Waals surface area contributed by atoms with Gasteiger partial charge in [0.05, 0.1) is 16.5 Å². The highest BCUT2D eigenvalue weighted by Gasteiger charge is 2.14. The highest BCUT2D eigenvalue weighted by molar-refractivity contribution is 8.00. The SMILES string of the molecule is CCOC(=O)c1sc(SC)cc1N. The van der Waals surface area contributed by atoms with E-state index in [-0.39, 0.29) is 5.97 Å². The Morgan fingerprint density at radius 2 is 2.46 bits per heavy atom. The summed E-state index contributed by atoms with van der Waals surface area (Å²) in [6.07, 6.45) is 1.94. The molecular weight excluding hydrogens is 206 g/mol. The number of thiophene rings is 1. The maximum atomic E-state index is 11.3. The van der Waals surface area contributed by atoms with Crippen LogP contribution in [0.1, 0.15) is 16.6 Å². The second-order valence-corrected chi connectivity index (χ2v) is 4.43. The number of rotatable bonds is 3. The van der Waals surface area contributed by atoms with Crippen LogP contribution < -0.4 is 5.73 Å². The number of carbonyl (C=O) groups is 1. The average molecular weight is 217 g/mol. The van der Waals surface area contributed by atoms with Crippen LogP contribution in [0.15, 0.2) is 10.3 Å². The topological polar surface area (TPSA) is 52.3 Å². The molecule has 72 valence electrons. The van der Waals surface area contributed by atoms with Crippen molar-refractivity contribution in [3.05, 3.63) is 10.9 Å². The molecule has 0 spiro atoms. The fourth-order valence-electron chi connectivity index (χ4n) is 0.838. The number of nitrogens with two attached hydrogens (primary N) is 1. The lowest BCUT2D eigenvalue weighted by molar-refractivity contribution is 0.0533. The number of esters is 1. The summed E-state index contributed by atoms with van der Waals surface area (Å²) in [6.45, 7) is 2.15. The van der Waals surface area contributed by atoms with Crippen molar-refractivity contribution in [1.82, 2.24) is 0 Å². The van der Waals surface area contributed by atoms with Gasteiger partial charge in [0.1, 0.15) is 4.88 Å². The summed E-state index contributed by atoms with van der Waals surface area (Å²) in [7, 11) is 0. The highest BCUT2D eigenvalue weighted by Crippen LogP contribution is 2.31. The first-order valence-corrected chi connectivity index (χ1v) is 5.83. The van der Waals surface area contributed by atoms with Gasteiger partial charge in [-0.05, 0) is 19.2 Å². The van der Waals surface area contributed by atoms with Crippen LogP contribution in [0.3, 0.4) is 0 Å². The summed E-state index contributed by atoms with van der Waals surface area (Å²) in [5, 5.41) is 0. The van der Waals surface area contributed by atoms with Gasteiger partial charge in [0, 0.05) is 0 Å². The second-order valence-electron chi connectivity index (χ2n) is 2.27. The molecule has 3 nitrogen and oxygen atoms in total. The van der Waals surface area contributed by atoms with Crippen molar-refractivity contribution in [2.45, 2.75) is 11.1 Å². The van der Waals surface area contributed by atoms with Gasteiger partial charge in [-0.3, -0.25) is 0 Å². The van der Waals surface area contributed by atoms with Crippen LogP contribution in [0.25, 0.3) is 0 Å². The molecule has 1 aromatic heterocycles. The molecule has 0 aliphatic rings. The van der Waals surface area contributed by atoms with Crippen molar-refractivity contribution in [2.75, 3.05) is 18.6 Å². The van der Waals surface area contributed by atoms with Crippen LogP contribution >= 0.6 is 23.1 Å². The van der Waals surface area contributed by atoms with E-state index < -0.39 is 0 Å². The number of anilines is 1. The number of hydrogen-bond donors (Lipinski definition) is 1. The molecule has 0 radical (unpaired) electrons. The monoisotopic (exact) mass is 217 g/mol. The first-order chi connectivity index (χ1) is 6.19. The number of ether oxygens (including phenoxy) is 1. The molecule has 1 rings (SSSR count). The van der Waals surface area contributed by atoms with E-state index >= 15 is 0 Å². The number of hydrogen-bond acceptors (Lipinski definition) is 5. The maximum Gasteiger partial charge on any atom is 0.350 e. The zero-order valence-electron chi connectivity index (χ0n) is 7.49. The third-order valence-electron chi connectivity index (χ3n) is 1.40. The Morgan fingerprint density at radius 3 is 2.92 bits per heavy atom. The zero-order chi connectivity index (χ0) is 9.84. The molecule has 1 aromatic rings. The summed E-state index contributed by atoms with van der Waals surface area (Å²) in [5.74, 6) is -0.328. The molecule has 0 aromatic carbocycles. The smallest absolute Gasteiger partial charge is 0.350 e. The van der Waals surface area contributed by atoms with Crippen molar-refractivity contribution in [3.63, 3.8) is 0 Å². The van der Waals surface area contributed by atoms with E-state index in [1.807, 2.05) is 6.26 Å². The lowest BCUT2D eigenvalue weighted by Crippen LogP contribution is -2.04. The minimum absolute atomic E-state index is 0.328. The van der Waals surface area contributed by atoms with Crippen LogP contribution in [-0.2, 0) is 4.74 Å². The van der Waals surface area contributed by atoms with Crippen molar-refractivity contribution in [2.24, 2.45) is 0 Å². The van der Waals surface area contributed by atoms with Crippen LogP contribution in [0.5, 0.6) is 0 Å². The normalized spacial score (nSPS) is 10.0. The van der Waals surface area contributed by atoms with Gasteiger partial charge in [-0.2, -0.15) is 0 Å². The van der Waals surface area contributed by atoms with E-state index in [0.717, 1.165) is 4.21 Å². The van der Waals surface area contributed by atoms with Gasteiger partial charge < -0.3 is 10.5 Å². The van der Waals surface area contributed by atoms with Crippen molar-refractivity contribution >= 4 is 34.8 Å². The molecule has 0 bridgehead atoms. The molecule has 2 N–H and O–H groups in total. The van der Waals surface area contributed by atoms with E-state index in [9.17, 15) is 4.79 Å². The zero-order valence-corrected chi connectivity index (χ0v) is 9.13. The van der Waals surface area contributed by atoms with Gasteiger partial charge in [0.15, 0.2) is 0 Å². The fraction of sp³-hybridized carbons (Fsp3) is 0.375. The summed E-state index contributed by atoms with van der Waals surface area (Å²) in [5.41, 5.74) is 6.15. The van der Waals surface area contributed by atoms with Crippen LogP contribution in [0, 0.1) is 0 Å². The molecule has 13 heavy (non-hydrogen) atoms. The summed E-state index contributed by atoms with van der Waals surface area (Å²) in [4.78, 5) is 11.8. The summed E-state index contributed by atoms with van der Waals surface area (Å²) >= 11 is 2.94. The Labute approximate surface area is 85.3 Å². The molecule has 0 atom stereocenters. The van der Waals surface area contributed by atoms with Crippen LogP contribution in [0.4, 0.5) is 5.69 Å². The van der Waals surface area contributed by atoms with Gasteiger partial charge >= 0.3 is 5.97 Å². The van der Waals surface area contributed by atoms with E-state index in [1.54, 1.807) is 24.8 Å². The Bertz CT molecular complexity index is 309. The average Bonchev–Trinajstić information content (AvgIpc) is 2.47. The van der Waals surface area contributed by atoms with Gasteiger partial charge in [0.25, 0.3) is 0 Å². The summed E-state index contributed by atoms with van der Waals surface area (Å²) < 4.78 is 5.88. The van der Waals surface area contributed by atoms with Crippen molar-refractivity contribution in [1.29, 1.82) is 0 Å². The molecule has 1 heterocycles. The quantitative estimate of drug-likeness (QED) is 0.623. The predicted octanol–water partition coefficient (Wildman–Crippen LogP) is 2.23. The largest absolute Gasteiger partial charge is 0.462 e. The Hall–Kier alpha value is -0.680. The molecule has 0 aliphatic heterocycles. The van der Waals surface area contributed by atoms with Crippen LogP contribution in [-0.4, -0.2) is 18.8 Å². The highest BCUT2D eigenvalue weighted by atomic mass is 32.2. The van der Waals surface area contributed by atoms with E-state index in [1.165, 1.54) is 11.3 Å². The minimum atomic E-state index is -0.328. The third-order valence-corrected chi connectivity index (χ3v) is 3.60. The van der Waals surface area contributed by atoms with E-state index in [4.69, 9.17) is 10.5 Å². The standard InChI is InChI=1S/C8H11NO2S2/c1-3-11-8(10)7-5(9)4-6(12-2)13-7/h4H,3,9H2,1-2H3. The third kappa shape index (κ3) is 2.38. The van der Waals surface area contributed by atoms with Gasteiger partial charge in [-0.1, -0.05) is 0 Å². The molecule has 0 saturated heterocycles. The molecular formula is C8H11NO2S2. The Kier molecular flexibility index (Phi) is 3.62. The summed E-state index contributed by atoms with van der Waals surface area (Å²) in [6, 6.07) is 1.79. The lowest BCUT2D eigenvalue weighted by atomic mass is 10.4. The molecule has 0 unspecified atom stereocenters. The Balaban J connectivity index is 2.87. The number of thioether (sulfide) groups is 1. The van der Waals surface area contributed by atoms with Crippen molar-refractivity contribution in [3.8, 4) is 0 Å². The lowest BCUT2D eigenvalue weighted by Gasteiger charge is -1.98. The maximum absolute atomic E-state index is 11.3. The second kappa shape index (κ2) is 4.53. The van der Waals surface area contributed by atoms with Gasteiger partial charge in [-0.25, -0.2) is 4.79 Å².